The van der Waals surface area contributed by atoms with Crippen molar-refractivity contribution in [1.82, 2.24) is 0 Å². The summed E-state index contributed by atoms with van der Waals surface area (Å²) in [5.74, 6) is 0.543. The molecule has 2 N–H and O–H groups in total. The Morgan fingerprint density at radius 3 is 2.04 bits per heavy atom. The Morgan fingerprint density at radius 1 is 0.708 bits per heavy atom. The third-order valence-electron chi connectivity index (χ3n) is 4.36. The molecule has 24 heavy (non-hydrogen) atoms. The maximum absolute atomic E-state index is 10.8. The zero-order valence-corrected chi connectivity index (χ0v) is 13.2. The molecule has 0 aromatic heterocycles. The second-order valence-electron chi connectivity index (χ2n) is 5.70. The van der Waals surface area contributed by atoms with Gasteiger partial charge in [-0.25, -0.2) is 0 Å². The number of hydrogen-bond acceptors (Lipinski definition) is 3. The van der Waals surface area contributed by atoms with Gasteiger partial charge in [0, 0.05) is 11.1 Å². The van der Waals surface area contributed by atoms with Crippen LogP contribution in [-0.2, 0) is 0 Å². The number of phenols is 2. The fourth-order valence-corrected chi connectivity index (χ4v) is 3.24. The Morgan fingerprint density at radius 2 is 1.33 bits per heavy atom. The monoisotopic (exact) mass is 316 g/mol. The van der Waals surface area contributed by atoms with Gasteiger partial charge in [0.2, 0.25) is 0 Å². The van der Waals surface area contributed by atoms with Gasteiger partial charge in [-0.1, -0.05) is 54.6 Å². The van der Waals surface area contributed by atoms with Gasteiger partial charge in [-0.15, -0.1) is 0 Å². The predicted octanol–water partition coefficient (Wildman–Crippen LogP) is 5.08. The highest BCUT2D eigenvalue weighted by molar-refractivity contribution is 6.10. The quantitative estimate of drug-likeness (QED) is 0.542. The van der Waals surface area contributed by atoms with E-state index in [9.17, 15) is 10.2 Å². The summed E-state index contributed by atoms with van der Waals surface area (Å²) in [6.07, 6.45) is 0. The molecule has 0 heterocycles. The maximum Gasteiger partial charge on any atom is 0.166 e. The molecule has 0 saturated heterocycles. The second kappa shape index (κ2) is 5.46. The summed E-state index contributed by atoms with van der Waals surface area (Å²) in [7, 11) is 1.52. The third-order valence-corrected chi connectivity index (χ3v) is 4.36. The second-order valence-corrected chi connectivity index (χ2v) is 5.70. The van der Waals surface area contributed by atoms with Gasteiger partial charge < -0.3 is 14.9 Å². The number of aromatic hydroxyl groups is 2. The van der Waals surface area contributed by atoms with E-state index in [1.165, 1.54) is 7.11 Å². The summed E-state index contributed by atoms with van der Waals surface area (Å²) in [6.45, 7) is 0. The highest BCUT2D eigenvalue weighted by atomic mass is 16.5. The lowest BCUT2D eigenvalue weighted by Gasteiger charge is -2.16. The first kappa shape index (κ1) is 14.4. The topological polar surface area (TPSA) is 49.7 Å². The van der Waals surface area contributed by atoms with Gasteiger partial charge in [0.1, 0.15) is 5.75 Å². The van der Waals surface area contributed by atoms with Gasteiger partial charge in [-0.3, -0.25) is 0 Å². The fraction of sp³-hybridized carbons (Fsp3) is 0.0476. The zero-order chi connectivity index (χ0) is 16.7. The van der Waals surface area contributed by atoms with E-state index in [0.717, 1.165) is 21.5 Å². The minimum atomic E-state index is 0.0304. The molecule has 0 fully saturated rings. The lowest BCUT2D eigenvalue weighted by Crippen LogP contribution is -1.90. The number of hydrogen-bond donors (Lipinski definition) is 2. The summed E-state index contributed by atoms with van der Waals surface area (Å²) >= 11 is 0. The van der Waals surface area contributed by atoms with Crippen LogP contribution in [0.15, 0.2) is 66.7 Å². The van der Waals surface area contributed by atoms with Crippen LogP contribution in [0.25, 0.3) is 32.7 Å². The van der Waals surface area contributed by atoms with Crippen LogP contribution in [0.2, 0.25) is 0 Å². The smallest absolute Gasteiger partial charge is 0.166 e. The van der Waals surface area contributed by atoms with E-state index < -0.39 is 0 Å². The van der Waals surface area contributed by atoms with E-state index in [1.54, 1.807) is 12.1 Å². The number of benzene rings is 4. The van der Waals surface area contributed by atoms with E-state index >= 15 is 0 Å². The van der Waals surface area contributed by atoms with Crippen molar-refractivity contribution in [3.05, 3.63) is 66.7 Å². The molecule has 0 aliphatic rings. The molecule has 4 aromatic rings. The van der Waals surface area contributed by atoms with E-state index in [0.29, 0.717) is 16.9 Å². The molecular weight excluding hydrogens is 300 g/mol. The molecule has 4 aromatic carbocycles. The Labute approximate surface area is 139 Å². The summed E-state index contributed by atoms with van der Waals surface area (Å²) in [4.78, 5) is 0. The minimum Gasteiger partial charge on any atom is -0.507 e. The van der Waals surface area contributed by atoms with Crippen molar-refractivity contribution < 1.29 is 14.9 Å². The molecule has 0 unspecified atom stereocenters. The van der Waals surface area contributed by atoms with E-state index in [1.807, 2.05) is 54.6 Å². The Hall–Kier alpha value is -3.20. The Balaban J connectivity index is 2.22. The molecule has 0 amide bonds. The molecule has 0 radical (unpaired) electrons. The molecule has 0 bridgehead atoms. The third kappa shape index (κ3) is 2.06. The molecule has 0 aliphatic carbocycles. The van der Waals surface area contributed by atoms with Crippen LogP contribution in [0, 0.1) is 0 Å². The molecule has 118 valence electrons. The first-order chi connectivity index (χ1) is 11.7. The number of rotatable bonds is 2. The van der Waals surface area contributed by atoms with Crippen LogP contribution >= 0.6 is 0 Å². The molecule has 0 aliphatic heterocycles. The van der Waals surface area contributed by atoms with E-state index in [-0.39, 0.29) is 11.5 Å². The molecule has 0 atom stereocenters. The van der Waals surface area contributed by atoms with Crippen molar-refractivity contribution in [3.63, 3.8) is 0 Å². The lowest BCUT2D eigenvalue weighted by molar-refractivity contribution is 0.375. The minimum absolute atomic E-state index is 0.0304. The molecular formula is C21H16O3. The average molecular weight is 316 g/mol. The molecule has 0 spiro atoms. The van der Waals surface area contributed by atoms with Crippen molar-refractivity contribution in [2.45, 2.75) is 0 Å². The van der Waals surface area contributed by atoms with Crippen LogP contribution in [0.1, 0.15) is 0 Å². The largest absolute Gasteiger partial charge is 0.507 e. The predicted molar refractivity (Wildman–Crippen MR) is 96.8 cm³/mol. The normalized spacial score (nSPS) is 11.0. The molecule has 3 nitrogen and oxygen atoms in total. The first-order valence-electron chi connectivity index (χ1n) is 7.70. The zero-order valence-electron chi connectivity index (χ0n) is 13.2. The Kier molecular flexibility index (Phi) is 3.28. The van der Waals surface area contributed by atoms with Gasteiger partial charge in [-0.05, 0) is 33.7 Å². The molecule has 3 heteroatoms. The van der Waals surface area contributed by atoms with Crippen LogP contribution in [0.4, 0.5) is 0 Å². The lowest BCUT2D eigenvalue weighted by atomic mass is 9.92. The number of ether oxygens (including phenoxy) is 1. The summed E-state index contributed by atoms with van der Waals surface area (Å²) in [5, 5.41) is 25.0. The number of fused-ring (bicyclic) bond motifs is 2. The van der Waals surface area contributed by atoms with Gasteiger partial charge >= 0.3 is 0 Å². The highest BCUT2D eigenvalue weighted by Crippen LogP contribution is 2.48. The highest BCUT2D eigenvalue weighted by Gasteiger charge is 2.19. The van der Waals surface area contributed by atoms with Crippen molar-refractivity contribution in [2.75, 3.05) is 7.11 Å². The van der Waals surface area contributed by atoms with E-state index in [4.69, 9.17) is 4.74 Å². The number of phenolic OH excluding ortho intramolecular Hbond substituents is 2. The van der Waals surface area contributed by atoms with Crippen LogP contribution in [0.5, 0.6) is 17.2 Å². The van der Waals surface area contributed by atoms with Crippen molar-refractivity contribution in [1.29, 1.82) is 0 Å². The average Bonchev–Trinajstić information content (AvgIpc) is 2.62. The Bertz CT molecular complexity index is 1070. The van der Waals surface area contributed by atoms with Gasteiger partial charge in [-0.2, -0.15) is 0 Å². The van der Waals surface area contributed by atoms with Crippen LogP contribution in [-0.4, -0.2) is 17.3 Å². The fourth-order valence-electron chi connectivity index (χ4n) is 3.24. The van der Waals surface area contributed by atoms with Crippen molar-refractivity contribution in [3.8, 4) is 28.4 Å². The van der Waals surface area contributed by atoms with Crippen molar-refractivity contribution in [2.24, 2.45) is 0 Å². The van der Waals surface area contributed by atoms with Gasteiger partial charge in [0.25, 0.3) is 0 Å². The SMILES string of the molecule is COc1cc2ccccc2c(-c2c(O)ccc3ccccc23)c1O. The summed E-state index contributed by atoms with van der Waals surface area (Å²) in [5.41, 5.74) is 1.19. The standard InChI is InChI=1S/C21H16O3/c1-24-18-12-14-7-3-5-9-16(14)20(21(18)23)19-15-8-4-2-6-13(15)10-11-17(19)22/h2-12,22-23H,1H3. The van der Waals surface area contributed by atoms with Crippen molar-refractivity contribution >= 4 is 21.5 Å². The van der Waals surface area contributed by atoms with Crippen LogP contribution < -0.4 is 4.74 Å². The van der Waals surface area contributed by atoms with Crippen LogP contribution in [0.3, 0.4) is 0 Å². The van der Waals surface area contributed by atoms with E-state index in [2.05, 4.69) is 0 Å². The first-order valence-corrected chi connectivity index (χ1v) is 7.70. The van der Waals surface area contributed by atoms with Gasteiger partial charge in [0.05, 0.1) is 7.11 Å². The molecule has 4 rings (SSSR count). The number of methoxy groups -OCH3 is 1. The maximum atomic E-state index is 10.8. The molecule has 0 saturated carbocycles. The summed E-state index contributed by atoms with van der Waals surface area (Å²) in [6, 6.07) is 20.9. The van der Waals surface area contributed by atoms with Gasteiger partial charge in [0.15, 0.2) is 11.5 Å². The summed E-state index contributed by atoms with van der Waals surface area (Å²) < 4.78 is 5.34.